The normalized spacial score (nSPS) is 24.1. The second-order valence-electron chi connectivity index (χ2n) is 7.20. The second-order valence-corrected chi connectivity index (χ2v) is 7.20. The minimum Gasteiger partial charge on any atom is -0.485 e. The van der Waals surface area contributed by atoms with Crippen LogP contribution in [0, 0.1) is 5.92 Å². The summed E-state index contributed by atoms with van der Waals surface area (Å²) in [5.41, 5.74) is 14.0. The Bertz CT molecular complexity index is 860. The monoisotopic (exact) mass is 350 g/mol. The van der Waals surface area contributed by atoms with Crippen LogP contribution in [0.1, 0.15) is 69.5 Å². The topological polar surface area (TPSA) is 95.4 Å². The van der Waals surface area contributed by atoms with Crippen LogP contribution in [0.4, 0.5) is 0 Å². The summed E-state index contributed by atoms with van der Waals surface area (Å²) in [6, 6.07) is 12.8. The minimum atomic E-state index is -0.430. The summed E-state index contributed by atoms with van der Waals surface area (Å²) in [7, 11) is 0. The Balaban J connectivity index is 1.73. The maximum atomic E-state index is 11.6. The Labute approximate surface area is 152 Å². The molecule has 0 saturated heterocycles. The Morgan fingerprint density at radius 1 is 0.885 bits per heavy atom. The van der Waals surface area contributed by atoms with Gasteiger partial charge < -0.3 is 16.2 Å². The summed E-state index contributed by atoms with van der Waals surface area (Å²) < 4.78 is 6.35. The van der Waals surface area contributed by atoms with Gasteiger partial charge in [0.05, 0.1) is 0 Å². The minimum absolute atomic E-state index is 0.0610. The highest BCUT2D eigenvalue weighted by Gasteiger charge is 2.40. The van der Waals surface area contributed by atoms with Crippen LogP contribution in [0.3, 0.4) is 0 Å². The lowest BCUT2D eigenvalue weighted by atomic mass is 9.69. The highest BCUT2D eigenvalue weighted by atomic mass is 16.5. The van der Waals surface area contributed by atoms with Crippen LogP contribution in [-0.2, 0) is 0 Å². The first-order chi connectivity index (χ1) is 12.5. The van der Waals surface area contributed by atoms with Crippen molar-refractivity contribution in [3.63, 3.8) is 0 Å². The van der Waals surface area contributed by atoms with Crippen molar-refractivity contribution in [3.05, 3.63) is 64.7 Å². The van der Waals surface area contributed by atoms with E-state index in [1.54, 1.807) is 18.2 Å². The first-order valence-electron chi connectivity index (χ1n) is 9.05. The maximum Gasteiger partial charge on any atom is 0.248 e. The molecule has 3 atom stereocenters. The third-order valence-electron chi connectivity index (χ3n) is 5.68. The number of hydrogen-bond donors (Lipinski definition) is 2. The van der Waals surface area contributed by atoms with Gasteiger partial charge in [-0.2, -0.15) is 0 Å². The number of primary amides is 2. The Kier molecular flexibility index (Phi) is 4.15. The van der Waals surface area contributed by atoms with Crippen molar-refractivity contribution in [3.8, 4) is 5.75 Å². The molecule has 1 fully saturated rings. The number of amides is 2. The summed E-state index contributed by atoms with van der Waals surface area (Å²) in [5.74, 6) is 0.679. The molecule has 0 aromatic heterocycles. The summed E-state index contributed by atoms with van der Waals surface area (Å²) in [6.07, 6.45) is 4.45. The SMILES string of the molecule is NC(=O)c1ccc(C2Oc3ccc(C(N)=O)cc3C3CCCCC32)cc1. The molecule has 2 aliphatic rings. The van der Waals surface area contributed by atoms with Gasteiger partial charge in [-0.15, -0.1) is 0 Å². The number of carbonyl (C=O) groups is 2. The first kappa shape index (κ1) is 16.6. The molecule has 1 aliphatic heterocycles. The quantitative estimate of drug-likeness (QED) is 0.889. The number of fused-ring (bicyclic) bond motifs is 3. The number of ether oxygens (including phenoxy) is 1. The molecule has 1 saturated carbocycles. The van der Waals surface area contributed by atoms with Crippen molar-refractivity contribution in [2.45, 2.75) is 37.7 Å². The smallest absolute Gasteiger partial charge is 0.248 e. The van der Waals surface area contributed by atoms with Gasteiger partial charge in [-0.05, 0) is 60.2 Å². The summed E-state index contributed by atoms with van der Waals surface area (Å²) >= 11 is 0. The molecule has 26 heavy (non-hydrogen) atoms. The largest absolute Gasteiger partial charge is 0.485 e. The first-order valence-corrected chi connectivity index (χ1v) is 9.05. The van der Waals surface area contributed by atoms with Crippen molar-refractivity contribution >= 4 is 11.8 Å². The average molecular weight is 350 g/mol. The molecule has 1 aliphatic carbocycles. The van der Waals surface area contributed by atoms with E-state index in [9.17, 15) is 9.59 Å². The van der Waals surface area contributed by atoms with E-state index in [2.05, 4.69) is 0 Å². The van der Waals surface area contributed by atoms with Gasteiger partial charge in [-0.3, -0.25) is 9.59 Å². The van der Waals surface area contributed by atoms with E-state index in [-0.39, 0.29) is 6.10 Å². The number of nitrogens with two attached hydrogens (primary N) is 2. The molecule has 0 radical (unpaired) electrons. The predicted octanol–water partition coefficient (Wildman–Crippen LogP) is 3.29. The zero-order valence-corrected chi connectivity index (χ0v) is 14.5. The number of benzene rings is 2. The van der Waals surface area contributed by atoms with E-state index in [0.717, 1.165) is 29.7 Å². The molecule has 2 amide bonds. The summed E-state index contributed by atoms with van der Waals surface area (Å²) in [5, 5.41) is 0. The molecule has 2 aromatic rings. The molecule has 4 N–H and O–H groups in total. The fourth-order valence-electron chi connectivity index (χ4n) is 4.38. The van der Waals surface area contributed by atoms with Crippen LogP contribution in [0.5, 0.6) is 5.75 Å². The predicted molar refractivity (Wildman–Crippen MR) is 98.0 cm³/mol. The van der Waals surface area contributed by atoms with Gasteiger partial charge in [0.15, 0.2) is 0 Å². The fourth-order valence-corrected chi connectivity index (χ4v) is 4.38. The number of carbonyl (C=O) groups excluding carboxylic acids is 2. The highest BCUT2D eigenvalue weighted by molar-refractivity contribution is 5.93. The second kappa shape index (κ2) is 6.48. The van der Waals surface area contributed by atoms with Crippen LogP contribution in [-0.4, -0.2) is 11.8 Å². The van der Waals surface area contributed by atoms with Crippen molar-refractivity contribution in [2.75, 3.05) is 0 Å². The van der Waals surface area contributed by atoms with E-state index in [0.29, 0.717) is 23.0 Å². The van der Waals surface area contributed by atoms with Gasteiger partial charge in [0.1, 0.15) is 11.9 Å². The molecular weight excluding hydrogens is 328 g/mol. The van der Waals surface area contributed by atoms with E-state index in [4.69, 9.17) is 16.2 Å². The molecule has 5 nitrogen and oxygen atoms in total. The van der Waals surface area contributed by atoms with E-state index >= 15 is 0 Å². The third-order valence-corrected chi connectivity index (χ3v) is 5.68. The molecular formula is C21H22N2O3. The van der Waals surface area contributed by atoms with Crippen LogP contribution < -0.4 is 16.2 Å². The molecule has 4 rings (SSSR count). The Morgan fingerprint density at radius 2 is 1.54 bits per heavy atom. The van der Waals surface area contributed by atoms with Crippen molar-refractivity contribution in [1.29, 1.82) is 0 Å². The standard InChI is InChI=1S/C21H22N2O3/c22-20(24)13-7-5-12(6-8-13)19-16-4-2-1-3-15(16)17-11-14(21(23)25)9-10-18(17)26-19/h5-11,15-16,19H,1-4H2,(H2,22,24)(H2,23,25). The lowest BCUT2D eigenvalue weighted by Crippen LogP contribution is -2.32. The molecule has 3 unspecified atom stereocenters. The van der Waals surface area contributed by atoms with Crippen LogP contribution >= 0.6 is 0 Å². The zero-order chi connectivity index (χ0) is 18.3. The van der Waals surface area contributed by atoms with Crippen LogP contribution in [0.25, 0.3) is 0 Å². The van der Waals surface area contributed by atoms with Crippen LogP contribution in [0.15, 0.2) is 42.5 Å². The van der Waals surface area contributed by atoms with Gasteiger partial charge in [0, 0.05) is 17.0 Å². The van der Waals surface area contributed by atoms with Crippen molar-refractivity contribution in [2.24, 2.45) is 17.4 Å². The zero-order valence-electron chi connectivity index (χ0n) is 14.5. The van der Waals surface area contributed by atoms with Crippen molar-refractivity contribution in [1.82, 2.24) is 0 Å². The highest BCUT2D eigenvalue weighted by Crippen LogP contribution is 2.52. The van der Waals surface area contributed by atoms with Gasteiger partial charge in [-0.1, -0.05) is 25.0 Å². The number of rotatable bonds is 3. The van der Waals surface area contributed by atoms with Gasteiger partial charge in [0.2, 0.25) is 11.8 Å². The summed E-state index contributed by atoms with van der Waals surface area (Å²) in [4.78, 5) is 22.9. The third kappa shape index (κ3) is 2.83. The number of hydrogen-bond acceptors (Lipinski definition) is 3. The van der Waals surface area contributed by atoms with Crippen molar-refractivity contribution < 1.29 is 14.3 Å². The Morgan fingerprint density at radius 3 is 2.23 bits per heavy atom. The fraction of sp³-hybridized carbons (Fsp3) is 0.333. The molecule has 0 bridgehead atoms. The average Bonchev–Trinajstić information content (AvgIpc) is 2.67. The van der Waals surface area contributed by atoms with Crippen LogP contribution in [0.2, 0.25) is 0 Å². The van der Waals surface area contributed by atoms with Gasteiger partial charge in [-0.25, -0.2) is 0 Å². The van der Waals surface area contributed by atoms with E-state index < -0.39 is 11.8 Å². The summed E-state index contributed by atoms with van der Waals surface area (Å²) in [6.45, 7) is 0. The lowest BCUT2D eigenvalue weighted by molar-refractivity contribution is 0.0679. The van der Waals surface area contributed by atoms with E-state index in [1.807, 2.05) is 24.3 Å². The van der Waals surface area contributed by atoms with Gasteiger partial charge >= 0.3 is 0 Å². The molecule has 1 heterocycles. The van der Waals surface area contributed by atoms with E-state index in [1.165, 1.54) is 12.8 Å². The molecule has 2 aromatic carbocycles. The molecule has 134 valence electrons. The molecule has 5 heteroatoms. The Hall–Kier alpha value is -2.82. The maximum absolute atomic E-state index is 11.6. The molecule has 0 spiro atoms. The lowest BCUT2D eigenvalue weighted by Gasteiger charge is -2.42. The van der Waals surface area contributed by atoms with Gasteiger partial charge in [0.25, 0.3) is 0 Å².